The van der Waals surface area contributed by atoms with Gasteiger partial charge in [-0.15, -0.1) is 0 Å². The van der Waals surface area contributed by atoms with Gasteiger partial charge in [0.05, 0.1) is 10.5 Å². The summed E-state index contributed by atoms with van der Waals surface area (Å²) in [6, 6.07) is 9.49. The summed E-state index contributed by atoms with van der Waals surface area (Å²) in [7, 11) is 0. The van der Waals surface area contributed by atoms with Crippen molar-refractivity contribution in [3.63, 3.8) is 0 Å². The highest BCUT2D eigenvalue weighted by atomic mass is 79.9. The molecule has 0 aliphatic heterocycles. The molecule has 0 unspecified atom stereocenters. The quantitative estimate of drug-likeness (QED) is 0.455. The topological polar surface area (TPSA) is 69.4 Å². The highest BCUT2D eigenvalue weighted by Crippen LogP contribution is 2.25. The lowest BCUT2D eigenvalue weighted by molar-refractivity contribution is -0.385. The van der Waals surface area contributed by atoms with Crippen molar-refractivity contribution < 1.29 is 18.8 Å². The van der Waals surface area contributed by atoms with E-state index in [9.17, 15) is 19.3 Å². The Hall–Kier alpha value is -2.28. The standard InChI is InChI=1S/C15H11BrFNO4/c1-9(10-3-2-4-12(7-10)18(20)21)22-15(19)13-8-11(17)5-6-14(13)16/h2-9H,1H3/t9-/m0/s1. The SMILES string of the molecule is C[C@H](OC(=O)c1cc(F)ccc1Br)c1cccc([N+](=O)[O-])c1. The number of ether oxygens (including phenoxy) is 1. The second-order valence-corrected chi connectivity index (χ2v) is 5.38. The number of hydrogen-bond acceptors (Lipinski definition) is 4. The van der Waals surface area contributed by atoms with Crippen molar-refractivity contribution in [3.05, 3.63) is 74.0 Å². The molecule has 7 heteroatoms. The van der Waals surface area contributed by atoms with E-state index in [2.05, 4.69) is 15.9 Å². The molecular formula is C15H11BrFNO4. The molecule has 2 aromatic carbocycles. The molecule has 0 fully saturated rings. The molecule has 114 valence electrons. The van der Waals surface area contributed by atoms with E-state index < -0.39 is 22.8 Å². The van der Waals surface area contributed by atoms with Gasteiger partial charge in [-0.3, -0.25) is 10.1 Å². The first kappa shape index (κ1) is 16.1. The Morgan fingerprint density at radius 2 is 2.05 bits per heavy atom. The Labute approximate surface area is 134 Å². The minimum Gasteiger partial charge on any atom is -0.454 e. The summed E-state index contributed by atoms with van der Waals surface area (Å²) in [4.78, 5) is 22.3. The maximum atomic E-state index is 13.2. The number of nitro benzene ring substituents is 1. The first-order valence-corrected chi connectivity index (χ1v) is 7.08. The monoisotopic (exact) mass is 367 g/mol. The van der Waals surface area contributed by atoms with E-state index in [0.29, 0.717) is 10.0 Å². The van der Waals surface area contributed by atoms with Crippen LogP contribution in [0, 0.1) is 15.9 Å². The number of esters is 1. The maximum Gasteiger partial charge on any atom is 0.339 e. The number of rotatable bonds is 4. The molecule has 0 aliphatic rings. The smallest absolute Gasteiger partial charge is 0.339 e. The van der Waals surface area contributed by atoms with Crippen molar-refractivity contribution in [2.75, 3.05) is 0 Å². The number of carbonyl (C=O) groups is 1. The van der Waals surface area contributed by atoms with E-state index in [1.165, 1.54) is 30.3 Å². The van der Waals surface area contributed by atoms with Crippen molar-refractivity contribution in [2.24, 2.45) is 0 Å². The molecule has 0 heterocycles. The zero-order valence-electron chi connectivity index (χ0n) is 11.5. The zero-order chi connectivity index (χ0) is 16.3. The minimum absolute atomic E-state index is 0.0530. The number of halogens is 2. The van der Waals surface area contributed by atoms with Crippen LogP contribution in [0.5, 0.6) is 0 Å². The van der Waals surface area contributed by atoms with E-state index in [0.717, 1.165) is 6.07 Å². The Bertz CT molecular complexity index is 735. The summed E-state index contributed by atoms with van der Waals surface area (Å²) in [5.41, 5.74) is 0.444. The van der Waals surface area contributed by atoms with Gasteiger partial charge in [0.25, 0.3) is 5.69 Å². The van der Waals surface area contributed by atoms with Crippen LogP contribution in [0.4, 0.5) is 10.1 Å². The van der Waals surface area contributed by atoms with Gasteiger partial charge >= 0.3 is 5.97 Å². The van der Waals surface area contributed by atoms with Gasteiger partial charge in [0.2, 0.25) is 0 Å². The van der Waals surface area contributed by atoms with Crippen LogP contribution in [-0.4, -0.2) is 10.9 Å². The minimum atomic E-state index is -0.717. The van der Waals surface area contributed by atoms with Crippen LogP contribution in [0.15, 0.2) is 46.9 Å². The summed E-state index contributed by atoms with van der Waals surface area (Å²) in [6.07, 6.45) is -0.706. The van der Waals surface area contributed by atoms with E-state index in [1.807, 2.05) is 0 Å². The van der Waals surface area contributed by atoms with Crippen LogP contribution in [0.3, 0.4) is 0 Å². The van der Waals surface area contributed by atoms with Gasteiger partial charge in [-0.25, -0.2) is 9.18 Å². The summed E-state index contributed by atoms with van der Waals surface area (Å²) >= 11 is 3.15. The summed E-state index contributed by atoms with van der Waals surface area (Å²) in [5.74, 6) is -1.27. The average molecular weight is 368 g/mol. The molecule has 5 nitrogen and oxygen atoms in total. The van der Waals surface area contributed by atoms with Gasteiger partial charge in [-0.1, -0.05) is 12.1 Å². The maximum absolute atomic E-state index is 13.2. The fourth-order valence-electron chi connectivity index (χ4n) is 1.84. The van der Waals surface area contributed by atoms with E-state index in [-0.39, 0.29) is 11.3 Å². The molecule has 0 aromatic heterocycles. The van der Waals surface area contributed by atoms with Gasteiger partial charge in [-0.05, 0) is 46.6 Å². The number of nitrogens with zero attached hydrogens (tertiary/aromatic N) is 1. The fourth-order valence-corrected chi connectivity index (χ4v) is 2.25. The van der Waals surface area contributed by atoms with Gasteiger partial charge in [-0.2, -0.15) is 0 Å². The molecule has 1 atom stereocenters. The zero-order valence-corrected chi connectivity index (χ0v) is 13.0. The molecule has 0 bridgehead atoms. The molecule has 0 N–H and O–H groups in total. The predicted molar refractivity (Wildman–Crippen MR) is 81.0 cm³/mol. The third-order valence-electron chi connectivity index (χ3n) is 2.98. The van der Waals surface area contributed by atoms with Crippen molar-refractivity contribution in [3.8, 4) is 0 Å². The van der Waals surface area contributed by atoms with Crippen LogP contribution < -0.4 is 0 Å². The lowest BCUT2D eigenvalue weighted by Gasteiger charge is -2.14. The molecule has 0 spiro atoms. The van der Waals surface area contributed by atoms with Crippen LogP contribution in [0.2, 0.25) is 0 Å². The number of hydrogen-bond donors (Lipinski definition) is 0. The van der Waals surface area contributed by atoms with Crippen LogP contribution in [-0.2, 0) is 4.74 Å². The molecule has 2 aromatic rings. The van der Waals surface area contributed by atoms with Crippen molar-refractivity contribution >= 4 is 27.6 Å². The highest BCUT2D eigenvalue weighted by molar-refractivity contribution is 9.10. The van der Waals surface area contributed by atoms with Crippen molar-refractivity contribution in [1.29, 1.82) is 0 Å². The highest BCUT2D eigenvalue weighted by Gasteiger charge is 2.18. The van der Waals surface area contributed by atoms with Gasteiger partial charge in [0, 0.05) is 16.6 Å². The summed E-state index contributed by atoms with van der Waals surface area (Å²) in [5, 5.41) is 10.8. The van der Waals surface area contributed by atoms with E-state index in [4.69, 9.17) is 4.74 Å². The lowest BCUT2D eigenvalue weighted by atomic mass is 10.1. The van der Waals surface area contributed by atoms with Crippen LogP contribution in [0.25, 0.3) is 0 Å². The Kier molecular flexibility index (Phi) is 4.87. The third kappa shape index (κ3) is 3.67. The average Bonchev–Trinajstić information content (AvgIpc) is 2.49. The molecule has 0 saturated carbocycles. The third-order valence-corrected chi connectivity index (χ3v) is 3.67. The first-order valence-electron chi connectivity index (χ1n) is 6.29. The number of carbonyl (C=O) groups excluding carboxylic acids is 1. The second kappa shape index (κ2) is 6.65. The summed E-state index contributed by atoms with van der Waals surface area (Å²) in [6.45, 7) is 1.59. The van der Waals surface area contributed by atoms with E-state index in [1.54, 1.807) is 13.0 Å². The molecule has 22 heavy (non-hydrogen) atoms. The van der Waals surface area contributed by atoms with Gasteiger partial charge < -0.3 is 4.74 Å². The van der Waals surface area contributed by atoms with Crippen molar-refractivity contribution in [1.82, 2.24) is 0 Å². The van der Waals surface area contributed by atoms with Gasteiger partial charge in [0.15, 0.2) is 0 Å². The molecular weight excluding hydrogens is 357 g/mol. The molecule has 0 amide bonds. The predicted octanol–water partition coefficient (Wildman–Crippen LogP) is 4.41. The van der Waals surface area contributed by atoms with Crippen LogP contribution >= 0.6 is 15.9 Å². The molecule has 2 rings (SSSR count). The lowest BCUT2D eigenvalue weighted by Crippen LogP contribution is -2.10. The Balaban J connectivity index is 2.19. The number of benzene rings is 2. The Morgan fingerprint density at radius 1 is 1.32 bits per heavy atom. The van der Waals surface area contributed by atoms with E-state index >= 15 is 0 Å². The normalized spacial score (nSPS) is 11.8. The number of nitro groups is 1. The van der Waals surface area contributed by atoms with Gasteiger partial charge in [0.1, 0.15) is 11.9 Å². The van der Waals surface area contributed by atoms with Crippen molar-refractivity contribution in [2.45, 2.75) is 13.0 Å². The second-order valence-electron chi connectivity index (χ2n) is 4.52. The van der Waals surface area contributed by atoms with Crippen LogP contribution in [0.1, 0.15) is 28.9 Å². The summed E-state index contributed by atoms with van der Waals surface area (Å²) < 4.78 is 18.8. The molecule has 0 saturated heterocycles. The number of non-ortho nitro benzene ring substituents is 1. The molecule has 0 aliphatic carbocycles. The Morgan fingerprint density at radius 3 is 2.73 bits per heavy atom. The molecule has 0 radical (unpaired) electrons. The fraction of sp³-hybridized carbons (Fsp3) is 0.133. The largest absolute Gasteiger partial charge is 0.454 e. The first-order chi connectivity index (χ1) is 10.4.